The van der Waals surface area contributed by atoms with Crippen molar-refractivity contribution in [1.29, 1.82) is 0 Å². The third kappa shape index (κ3) is 3.54. The highest BCUT2D eigenvalue weighted by Gasteiger charge is 2.31. The number of hydrazine groups is 1. The quantitative estimate of drug-likeness (QED) is 0.499. The van der Waals surface area contributed by atoms with E-state index in [9.17, 15) is 4.79 Å². The van der Waals surface area contributed by atoms with Crippen molar-refractivity contribution in [3.63, 3.8) is 0 Å². The van der Waals surface area contributed by atoms with E-state index in [2.05, 4.69) is 31.1 Å². The van der Waals surface area contributed by atoms with Crippen LogP contribution in [0.15, 0.2) is 11.4 Å². The fourth-order valence-electron chi connectivity index (χ4n) is 2.67. The maximum atomic E-state index is 11.7. The van der Waals surface area contributed by atoms with Crippen LogP contribution in [0.3, 0.4) is 0 Å². The first kappa shape index (κ1) is 14.5. The number of nitrogen functional groups attached to an aromatic ring is 1. The molecule has 2 rings (SSSR count). The van der Waals surface area contributed by atoms with E-state index in [0.717, 1.165) is 25.2 Å². The van der Waals surface area contributed by atoms with Gasteiger partial charge in [0.1, 0.15) is 0 Å². The van der Waals surface area contributed by atoms with Crippen LogP contribution in [0.2, 0.25) is 0 Å². The lowest BCUT2D eigenvalue weighted by Crippen LogP contribution is -2.51. The zero-order chi connectivity index (χ0) is 14.0. The van der Waals surface area contributed by atoms with Crippen molar-refractivity contribution in [2.24, 2.45) is 5.84 Å². The number of nitrogens with two attached hydrogens (primary N) is 1. The normalized spacial score (nSPS) is 23.3. The lowest BCUT2D eigenvalue weighted by atomic mass is 10.0. The fourth-order valence-corrected chi connectivity index (χ4v) is 3.49. The average Bonchev–Trinajstić information content (AvgIpc) is 2.73. The van der Waals surface area contributed by atoms with Crippen LogP contribution in [0, 0.1) is 0 Å². The minimum absolute atomic E-state index is 0.149. The molecule has 0 bridgehead atoms. The Kier molecular flexibility index (Phi) is 4.25. The van der Waals surface area contributed by atoms with Gasteiger partial charge in [-0.2, -0.15) is 0 Å². The second-order valence-electron chi connectivity index (χ2n) is 5.61. The minimum atomic E-state index is -0.217. The molecule has 1 unspecified atom stereocenters. The predicted octanol–water partition coefficient (Wildman–Crippen LogP) is 1.35. The van der Waals surface area contributed by atoms with E-state index in [1.807, 2.05) is 11.4 Å². The molecule has 0 radical (unpaired) electrons. The summed E-state index contributed by atoms with van der Waals surface area (Å²) >= 11 is 1.42. The first-order valence-electron chi connectivity index (χ1n) is 6.39. The smallest absolute Gasteiger partial charge is 0.275 e. The number of hydrogen-bond donors (Lipinski definition) is 2. The van der Waals surface area contributed by atoms with Crippen molar-refractivity contribution in [2.75, 3.05) is 13.1 Å². The van der Waals surface area contributed by atoms with Gasteiger partial charge in [-0.1, -0.05) is 0 Å². The molecule has 0 spiro atoms. The van der Waals surface area contributed by atoms with Gasteiger partial charge in [0.2, 0.25) is 0 Å². The maximum Gasteiger partial charge on any atom is 0.275 e. The standard InChI is InChI=1S/C13H21N3O2S/c1-9-6-16(8-13(2,3)18-9)7-10-4-5-19-11(10)12(17)15-14/h4-5,9H,6-8,14H2,1-3H3,(H,15,17). The molecule has 5 nitrogen and oxygen atoms in total. The SMILES string of the molecule is CC1CN(Cc2ccsc2C(=O)NN)CC(C)(C)O1. The number of morpholine rings is 1. The third-order valence-electron chi connectivity index (χ3n) is 3.12. The van der Waals surface area contributed by atoms with Gasteiger partial charge in [0, 0.05) is 19.6 Å². The summed E-state index contributed by atoms with van der Waals surface area (Å²) in [6.45, 7) is 8.76. The summed E-state index contributed by atoms with van der Waals surface area (Å²) in [5.74, 6) is 4.99. The molecular formula is C13H21N3O2S. The molecule has 1 fully saturated rings. The summed E-state index contributed by atoms with van der Waals surface area (Å²) < 4.78 is 5.88. The van der Waals surface area contributed by atoms with E-state index in [1.165, 1.54) is 11.3 Å². The van der Waals surface area contributed by atoms with Crippen molar-refractivity contribution in [2.45, 2.75) is 39.0 Å². The van der Waals surface area contributed by atoms with Crippen LogP contribution in [0.1, 0.15) is 36.0 Å². The molecule has 1 aliphatic heterocycles. The number of carbonyl (C=O) groups is 1. The van der Waals surface area contributed by atoms with Crippen LogP contribution in [-0.2, 0) is 11.3 Å². The first-order chi connectivity index (χ1) is 8.91. The Bertz CT molecular complexity index is 458. The zero-order valence-electron chi connectivity index (χ0n) is 11.6. The molecule has 1 aromatic rings. The Morgan fingerprint density at radius 3 is 3.05 bits per heavy atom. The van der Waals surface area contributed by atoms with Crippen molar-refractivity contribution in [3.05, 3.63) is 21.9 Å². The number of thiophene rings is 1. The summed E-state index contributed by atoms with van der Waals surface area (Å²) in [4.78, 5) is 14.7. The molecule has 1 aliphatic rings. The van der Waals surface area contributed by atoms with Crippen molar-refractivity contribution >= 4 is 17.2 Å². The lowest BCUT2D eigenvalue weighted by Gasteiger charge is -2.41. The molecule has 3 N–H and O–H groups in total. The maximum absolute atomic E-state index is 11.7. The zero-order valence-corrected chi connectivity index (χ0v) is 12.4. The Hall–Kier alpha value is -0.950. The van der Waals surface area contributed by atoms with E-state index in [1.54, 1.807) is 0 Å². The van der Waals surface area contributed by atoms with Gasteiger partial charge in [0.25, 0.3) is 5.91 Å². The molecule has 0 aliphatic carbocycles. The molecule has 0 saturated carbocycles. The molecule has 1 saturated heterocycles. The van der Waals surface area contributed by atoms with E-state index in [-0.39, 0.29) is 17.6 Å². The van der Waals surface area contributed by atoms with Gasteiger partial charge in [-0.3, -0.25) is 15.1 Å². The summed E-state index contributed by atoms with van der Waals surface area (Å²) in [6, 6.07) is 1.99. The highest BCUT2D eigenvalue weighted by atomic mass is 32.1. The van der Waals surface area contributed by atoms with Crippen LogP contribution in [0.5, 0.6) is 0 Å². The molecule has 1 amide bonds. The third-order valence-corrected chi connectivity index (χ3v) is 4.07. The largest absolute Gasteiger partial charge is 0.370 e. The second-order valence-corrected chi connectivity index (χ2v) is 6.52. The highest BCUT2D eigenvalue weighted by molar-refractivity contribution is 7.12. The molecule has 106 valence electrons. The highest BCUT2D eigenvalue weighted by Crippen LogP contribution is 2.24. The van der Waals surface area contributed by atoms with Crippen molar-refractivity contribution < 1.29 is 9.53 Å². The number of nitrogens with one attached hydrogen (secondary N) is 1. The Morgan fingerprint density at radius 1 is 1.68 bits per heavy atom. The van der Waals surface area contributed by atoms with Crippen LogP contribution in [0.25, 0.3) is 0 Å². The lowest BCUT2D eigenvalue weighted by molar-refractivity contribution is -0.130. The van der Waals surface area contributed by atoms with E-state index in [0.29, 0.717) is 4.88 Å². The molecule has 0 aromatic carbocycles. The first-order valence-corrected chi connectivity index (χ1v) is 7.27. The molecule has 1 atom stereocenters. The van der Waals surface area contributed by atoms with Gasteiger partial charge in [0.05, 0.1) is 16.6 Å². The van der Waals surface area contributed by atoms with E-state index in [4.69, 9.17) is 10.6 Å². The summed E-state index contributed by atoms with van der Waals surface area (Å²) in [7, 11) is 0. The number of nitrogens with zero attached hydrogens (tertiary/aromatic N) is 1. The van der Waals surface area contributed by atoms with Gasteiger partial charge in [-0.15, -0.1) is 11.3 Å². The number of ether oxygens (including phenoxy) is 1. The van der Waals surface area contributed by atoms with Gasteiger partial charge in [-0.05, 0) is 37.8 Å². The number of carbonyl (C=O) groups excluding carboxylic acids is 1. The predicted molar refractivity (Wildman–Crippen MR) is 75.9 cm³/mol. The van der Waals surface area contributed by atoms with Crippen LogP contribution >= 0.6 is 11.3 Å². The molecule has 19 heavy (non-hydrogen) atoms. The summed E-state index contributed by atoms with van der Waals surface area (Å²) in [5.41, 5.74) is 3.08. The molecule has 1 aromatic heterocycles. The van der Waals surface area contributed by atoms with Crippen molar-refractivity contribution in [3.8, 4) is 0 Å². The fraction of sp³-hybridized carbons (Fsp3) is 0.615. The number of hydrogen-bond acceptors (Lipinski definition) is 5. The molecular weight excluding hydrogens is 262 g/mol. The Balaban J connectivity index is 2.09. The van der Waals surface area contributed by atoms with E-state index >= 15 is 0 Å². The molecule has 2 heterocycles. The monoisotopic (exact) mass is 283 g/mol. The van der Waals surface area contributed by atoms with Crippen LogP contribution in [0.4, 0.5) is 0 Å². The average molecular weight is 283 g/mol. The number of amides is 1. The van der Waals surface area contributed by atoms with E-state index < -0.39 is 0 Å². The van der Waals surface area contributed by atoms with Crippen molar-refractivity contribution in [1.82, 2.24) is 10.3 Å². The van der Waals surface area contributed by atoms with Crippen LogP contribution < -0.4 is 11.3 Å². The second kappa shape index (κ2) is 5.58. The van der Waals surface area contributed by atoms with Gasteiger partial charge >= 0.3 is 0 Å². The Labute approximate surface area is 117 Å². The summed E-state index contributed by atoms with van der Waals surface area (Å²) in [6.07, 6.45) is 0.203. The van der Waals surface area contributed by atoms with Gasteiger partial charge in [-0.25, -0.2) is 5.84 Å². The van der Waals surface area contributed by atoms with Gasteiger partial charge in [0.15, 0.2) is 0 Å². The molecule has 6 heteroatoms. The minimum Gasteiger partial charge on any atom is -0.370 e. The van der Waals surface area contributed by atoms with Crippen LogP contribution in [-0.4, -0.2) is 35.6 Å². The Morgan fingerprint density at radius 2 is 2.42 bits per heavy atom. The number of rotatable bonds is 3. The topological polar surface area (TPSA) is 67.6 Å². The summed E-state index contributed by atoms with van der Waals surface area (Å²) in [5, 5.41) is 1.93. The van der Waals surface area contributed by atoms with Gasteiger partial charge < -0.3 is 4.74 Å².